The number of hydrogen-bond donors (Lipinski definition) is 0. The highest BCUT2D eigenvalue weighted by molar-refractivity contribution is 9.10. The highest BCUT2D eigenvalue weighted by atomic mass is 79.9. The van der Waals surface area contributed by atoms with Gasteiger partial charge in [0.25, 0.3) is 11.1 Å². The van der Waals surface area contributed by atoms with E-state index in [1.54, 1.807) is 6.08 Å². The van der Waals surface area contributed by atoms with Crippen molar-refractivity contribution in [3.05, 3.63) is 52.0 Å². The minimum Gasteiger partial charge on any atom is -0.341 e. The number of piperidine rings is 1. The number of rotatable bonds is 5. The molecule has 0 atom stereocenters. The molecule has 0 unspecified atom stereocenters. The largest absolute Gasteiger partial charge is 0.341 e. The molecule has 2 aromatic rings. The lowest BCUT2D eigenvalue weighted by Gasteiger charge is -2.30. The molecule has 0 radical (unpaired) electrons. The third kappa shape index (κ3) is 4.50. The van der Waals surface area contributed by atoms with Gasteiger partial charge >= 0.3 is 0 Å². The van der Waals surface area contributed by atoms with E-state index in [9.17, 15) is 14.4 Å². The topological polar surface area (TPSA) is 62.6 Å². The number of hydrogen-bond acceptors (Lipinski definition) is 4. The van der Waals surface area contributed by atoms with Crippen molar-refractivity contribution in [1.82, 2.24) is 14.4 Å². The van der Waals surface area contributed by atoms with Crippen LogP contribution in [0, 0.1) is 5.92 Å². The molecule has 3 amide bonds. The van der Waals surface area contributed by atoms with Gasteiger partial charge in [0.15, 0.2) is 0 Å². The molecule has 6 nitrogen and oxygen atoms in total. The molecule has 0 aliphatic carbocycles. The van der Waals surface area contributed by atoms with Crippen LogP contribution in [0.25, 0.3) is 17.0 Å². The molecule has 0 N–H and O–H groups in total. The number of nitrogens with zero attached hydrogens (tertiary/aromatic N) is 3. The first kappa shape index (κ1) is 21.9. The number of thioether (sulfide) groups is 1. The van der Waals surface area contributed by atoms with Crippen molar-refractivity contribution < 1.29 is 14.4 Å². The predicted molar refractivity (Wildman–Crippen MR) is 127 cm³/mol. The Morgan fingerprint density at radius 1 is 1.29 bits per heavy atom. The third-order valence-corrected chi connectivity index (χ3v) is 7.19. The van der Waals surface area contributed by atoms with Gasteiger partial charge in [-0.2, -0.15) is 0 Å². The van der Waals surface area contributed by atoms with Crippen LogP contribution in [0.4, 0.5) is 4.79 Å². The van der Waals surface area contributed by atoms with E-state index in [-0.39, 0.29) is 30.1 Å². The molecular formula is C23H24BrN3O3S. The zero-order valence-corrected chi connectivity index (χ0v) is 19.7. The normalized spacial score (nSPS) is 19.1. The SMILES string of the molecule is C=CCN1C(=O)S/C(=C\c2cn(CC(=O)N3CCC(C)CC3)c3ccc(Br)cc23)C1=O. The van der Waals surface area contributed by atoms with Crippen molar-refractivity contribution in [3.8, 4) is 0 Å². The number of carbonyl (C=O) groups excluding carboxylic acids is 3. The second-order valence-corrected chi connectivity index (χ2v) is 9.93. The molecule has 2 aliphatic heterocycles. The summed E-state index contributed by atoms with van der Waals surface area (Å²) < 4.78 is 2.84. The molecule has 1 aromatic heterocycles. The lowest BCUT2D eigenvalue weighted by molar-refractivity contribution is -0.133. The van der Waals surface area contributed by atoms with Gasteiger partial charge in [0.1, 0.15) is 6.54 Å². The van der Waals surface area contributed by atoms with Crippen LogP contribution in [0.1, 0.15) is 25.3 Å². The molecule has 2 saturated heterocycles. The maximum atomic E-state index is 12.9. The molecular weight excluding hydrogens is 478 g/mol. The van der Waals surface area contributed by atoms with E-state index in [2.05, 4.69) is 29.4 Å². The number of imide groups is 1. The van der Waals surface area contributed by atoms with E-state index in [0.29, 0.717) is 10.8 Å². The molecule has 4 rings (SSSR count). The Kier molecular flexibility index (Phi) is 6.39. The average molecular weight is 502 g/mol. The molecule has 0 bridgehead atoms. The molecule has 3 heterocycles. The van der Waals surface area contributed by atoms with Crippen LogP contribution >= 0.6 is 27.7 Å². The minimum atomic E-state index is -0.315. The molecule has 2 fully saturated rings. The van der Waals surface area contributed by atoms with Gasteiger partial charge < -0.3 is 9.47 Å². The van der Waals surface area contributed by atoms with Crippen molar-refractivity contribution >= 4 is 61.7 Å². The van der Waals surface area contributed by atoms with Gasteiger partial charge in [-0.25, -0.2) is 0 Å². The summed E-state index contributed by atoms with van der Waals surface area (Å²) in [6.45, 7) is 7.87. The van der Waals surface area contributed by atoms with Crippen LogP contribution in [-0.2, 0) is 16.1 Å². The van der Waals surface area contributed by atoms with Crippen LogP contribution in [0.5, 0.6) is 0 Å². The van der Waals surface area contributed by atoms with Gasteiger partial charge in [-0.15, -0.1) is 6.58 Å². The second kappa shape index (κ2) is 9.04. The molecule has 162 valence electrons. The summed E-state index contributed by atoms with van der Waals surface area (Å²) in [4.78, 5) is 41.2. The van der Waals surface area contributed by atoms with Crippen molar-refractivity contribution in [3.63, 3.8) is 0 Å². The Labute approximate surface area is 194 Å². The third-order valence-electron chi connectivity index (χ3n) is 5.79. The van der Waals surface area contributed by atoms with Crippen molar-refractivity contribution in [2.75, 3.05) is 19.6 Å². The number of benzene rings is 1. The number of fused-ring (bicyclic) bond motifs is 1. The molecule has 1 aromatic carbocycles. The van der Waals surface area contributed by atoms with Gasteiger partial charge in [-0.05, 0) is 54.8 Å². The van der Waals surface area contributed by atoms with Gasteiger partial charge in [0.2, 0.25) is 5.91 Å². The van der Waals surface area contributed by atoms with E-state index in [4.69, 9.17) is 0 Å². The average Bonchev–Trinajstić information content (AvgIpc) is 3.20. The van der Waals surface area contributed by atoms with E-state index in [0.717, 1.165) is 58.6 Å². The summed E-state index contributed by atoms with van der Waals surface area (Å²) in [6.07, 6.45) is 7.25. The Morgan fingerprint density at radius 3 is 2.74 bits per heavy atom. The Morgan fingerprint density at radius 2 is 2.03 bits per heavy atom. The number of amides is 3. The summed E-state index contributed by atoms with van der Waals surface area (Å²) in [5, 5.41) is 0.625. The van der Waals surface area contributed by atoms with Crippen LogP contribution < -0.4 is 0 Å². The van der Waals surface area contributed by atoms with Gasteiger partial charge in [0, 0.05) is 46.8 Å². The summed E-state index contributed by atoms with van der Waals surface area (Å²) in [5.74, 6) is 0.450. The molecule has 0 saturated carbocycles. The number of halogens is 1. The van der Waals surface area contributed by atoms with E-state index < -0.39 is 0 Å². The number of aromatic nitrogens is 1. The van der Waals surface area contributed by atoms with E-state index in [1.807, 2.05) is 33.9 Å². The first-order valence-corrected chi connectivity index (χ1v) is 11.9. The molecule has 0 spiro atoms. The number of likely N-dealkylation sites (tertiary alicyclic amines) is 1. The molecule has 8 heteroatoms. The second-order valence-electron chi connectivity index (χ2n) is 8.02. The van der Waals surface area contributed by atoms with E-state index in [1.165, 1.54) is 11.0 Å². The first-order valence-electron chi connectivity index (χ1n) is 10.3. The lowest BCUT2D eigenvalue weighted by Crippen LogP contribution is -2.39. The minimum absolute atomic E-state index is 0.101. The Hall–Kier alpha value is -2.32. The van der Waals surface area contributed by atoms with Gasteiger partial charge in [0.05, 0.1) is 4.91 Å². The van der Waals surface area contributed by atoms with Gasteiger partial charge in [-0.1, -0.05) is 28.9 Å². The van der Waals surface area contributed by atoms with Crippen molar-refractivity contribution in [1.29, 1.82) is 0 Å². The van der Waals surface area contributed by atoms with Gasteiger partial charge in [-0.3, -0.25) is 19.3 Å². The zero-order valence-electron chi connectivity index (χ0n) is 17.3. The number of carbonyl (C=O) groups is 3. The fraction of sp³-hybridized carbons (Fsp3) is 0.348. The highest BCUT2D eigenvalue weighted by Crippen LogP contribution is 2.34. The zero-order chi connectivity index (χ0) is 22.1. The maximum Gasteiger partial charge on any atom is 0.293 e. The first-order chi connectivity index (χ1) is 14.9. The van der Waals surface area contributed by atoms with Crippen LogP contribution in [0.15, 0.2) is 46.4 Å². The fourth-order valence-corrected chi connectivity index (χ4v) is 5.17. The van der Waals surface area contributed by atoms with Crippen LogP contribution in [0.2, 0.25) is 0 Å². The summed E-state index contributed by atoms with van der Waals surface area (Å²) in [6, 6.07) is 5.87. The van der Waals surface area contributed by atoms with Crippen LogP contribution in [0.3, 0.4) is 0 Å². The van der Waals surface area contributed by atoms with Crippen molar-refractivity contribution in [2.45, 2.75) is 26.3 Å². The van der Waals surface area contributed by atoms with Crippen LogP contribution in [-0.4, -0.2) is 51.1 Å². The Balaban J connectivity index is 1.65. The van der Waals surface area contributed by atoms with Crippen molar-refractivity contribution in [2.24, 2.45) is 5.92 Å². The quantitative estimate of drug-likeness (QED) is 0.432. The molecule has 2 aliphatic rings. The lowest BCUT2D eigenvalue weighted by atomic mass is 9.99. The monoisotopic (exact) mass is 501 g/mol. The molecule has 31 heavy (non-hydrogen) atoms. The highest BCUT2D eigenvalue weighted by Gasteiger charge is 2.34. The predicted octanol–water partition coefficient (Wildman–Crippen LogP) is 4.88. The maximum absolute atomic E-state index is 12.9. The standard InChI is InChI=1S/C23H24BrN3O3S/c1-3-8-27-22(29)20(31-23(27)30)11-16-13-26(19-5-4-17(24)12-18(16)19)14-21(28)25-9-6-15(2)7-10-25/h3-5,11-13,15H,1,6-10,14H2,2H3/b20-11-. The summed E-state index contributed by atoms with van der Waals surface area (Å²) >= 11 is 4.44. The summed E-state index contributed by atoms with van der Waals surface area (Å²) in [7, 11) is 0. The summed E-state index contributed by atoms with van der Waals surface area (Å²) in [5.41, 5.74) is 1.72. The van der Waals surface area contributed by atoms with E-state index >= 15 is 0 Å². The Bertz CT molecular complexity index is 1100. The smallest absolute Gasteiger partial charge is 0.293 e. The fourth-order valence-electron chi connectivity index (χ4n) is 3.97.